The van der Waals surface area contributed by atoms with Crippen LogP contribution in [0.2, 0.25) is 0 Å². The van der Waals surface area contributed by atoms with Crippen molar-refractivity contribution in [3.05, 3.63) is 28.8 Å². The molecule has 25 heavy (non-hydrogen) atoms. The molecule has 146 valence electrons. The minimum atomic E-state index is -4.56. The van der Waals surface area contributed by atoms with E-state index in [9.17, 15) is 23.4 Å². The fourth-order valence-corrected chi connectivity index (χ4v) is 2.50. The Morgan fingerprint density at radius 3 is 1.60 bits per heavy atom. The smallest absolute Gasteiger partial charge is 0.403 e. The first-order chi connectivity index (χ1) is 10.5. The summed E-state index contributed by atoms with van der Waals surface area (Å²) in [7, 11) is 0. The summed E-state index contributed by atoms with van der Waals surface area (Å²) in [6, 6.07) is 1.04. The number of aliphatic hydroxyl groups excluding tert-OH is 1. The normalized spacial score (nSPS) is 15.5. The number of aromatic hydroxyl groups is 1. The van der Waals surface area contributed by atoms with Crippen LogP contribution in [0.25, 0.3) is 0 Å². The SMILES string of the molecule is CC(C)(C)c1cc([C@@H](O)C[C@H](N)C(F)(F)F)cc(C(C)(C)C)c1O.Cl. The van der Waals surface area contributed by atoms with Crippen molar-refractivity contribution in [1.82, 2.24) is 0 Å². The molecule has 0 amide bonds. The molecule has 0 unspecified atom stereocenters. The van der Waals surface area contributed by atoms with Crippen molar-refractivity contribution in [2.75, 3.05) is 0 Å². The maximum Gasteiger partial charge on any atom is 0.403 e. The van der Waals surface area contributed by atoms with Gasteiger partial charge in [-0.1, -0.05) is 41.5 Å². The van der Waals surface area contributed by atoms with E-state index in [4.69, 9.17) is 5.73 Å². The van der Waals surface area contributed by atoms with Crippen LogP contribution in [0.5, 0.6) is 5.75 Å². The van der Waals surface area contributed by atoms with Crippen LogP contribution >= 0.6 is 12.4 Å². The molecular formula is C18H29ClF3NO2. The van der Waals surface area contributed by atoms with Gasteiger partial charge in [-0.3, -0.25) is 0 Å². The molecule has 0 bridgehead atoms. The van der Waals surface area contributed by atoms with Crippen LogP contribution in [0.1, 0.15) is 70.8 Å². The molecule has 0 radical (unpaired) electrons. The Morgan fingerprint density at radius 2 is 1.32 bits per heavy atom. The average molecular weight is 384 g/mol. The average Bonchev–Trinajstić information content (AvgIpc) is 2.34. The summed E-state index contributed by atoms with van der Waals surface area (Å²) < 4.78 is 38.0. The summed E-state index contributed by atoms with van der Waals surface area (Å²) in [5.74, 6) is 0.117. The lowest BCUT2D eigenvalue weighted by Gasteiger charge is -2.29. The first-order valence-electron chi connectivity index (χ1n) is 7.93. The number of benzene rings is 1. The molecule has 4 N–H and O–H groups in total. The van der Waals surface area contributed by atoms with Gasteiger partial charge in [0, 0.05) is 6.42 Å². The van der Waals surface area contributed by atoms with Gasteiger partial charge in [-0.2, -0.15) is 13.2 Å². The van der Waals surface area contributed by atoms with Crippen LogP contribution in [0.15, 0.2) is 12.1 Å². The summed E-state index contributed by atoms with van der Waals surface area (Å²) in [6.45, 7) is 11.4. The summed E-state index contributed by atoms with van der Waals surface area (Å²) >= 11 is 0. The second kappa shape index (κ2) is 7.72. The molecule has 0 heterocycles. The van der Waals surface area contributed by atoms with Gasteiger partial charge in [0.05, 0.1) is 6.10 Å². The monoisotopic (exact) mass is 383 g/mol. The van der Waals surface area contributed by atoms with Crippen molar-refractivity contribution in [3.8, 4) is 5.75 Å². The predicted octanol–water partition coefficient (Wildman–Crippen LogP) is 4.72. The second-order valence-electron chi connectivity index (χ2n) is 8.36. The number of hydrogen-bond donors (Lipinski definition) is 3. The Balaban J connectivity index is 0.00000576. The highest BCUT2D eigenvalue weighted by Crippen LogP contribution is 2.41. The van der Waals surface area contributed by atoms with Crippen molar-refractivity contribution >= 4 is 12.4 Å². The molecule has 0 fully saturated rings. The van der Waals surface area contributed by atoms with Gasteiger partial charge in [0.2, 0.25) is 0 Å². The molecule has 0 aliphatic rings. The van der Waals surface area contributed by atoms with Crippen LogP contribution in [0, 0.1) is 0 Å². The highest BCUT2D eigenvalue weighted by atomic mass is 35.5. The van der Waals surface area contributed by atoms with Gasteiger partial charge in [-0.25, -0.2) is 0 Å². The van der Waals surface area contributed by atoms with Crippen LogP contribution in [0.4, 0.5) is 13.2 Å². The molecule has 2 atom stereocenters. The van der Waals surface area contributed by atoms with Gasteiger partial charge in [0.25, 0.3) is 0 Å². The lowest BCUT2D eigenvalue weighted by Crippen LogP contribution is -2.38. The first kappa shape index (κ1) is 24.0. The van der Waals surface area contributed by atoms with Crippen molar-refractivity contribution < 1.29 is 23.4 Å². The minimum Gasteiger partial charge on any atom is -0.507 e. The van der Waals surface area contributed by atoms with Gasteiger partial charge in [0.15, 0.2) is 0 Å². The summed E-state index contributed by atoms with van der Waals surface area (Å²) in [5.41, 5.74) is 5.79. The maximum absolute atomic E-state index is 12.7. The molecule has 0 saturated heterocycles. The van der Waals surface area contributed by atoms with Crippen molar-refractivity contribution in [3.63, 3.8) is 0 Å². The Kier molecular flexibility index (Phi) is 7.42. The summed E-state index contributed by atoms with van der Waals surface area (Å²) in [4.78, 5) is 0. The highest BCUT2D eigenvalue weighted by molar-refractivity contribution is 5.85. The molecule has 3 nitrogen and oxygen atoms in total. The third kappa shape index (κ3) is 6.04. The van der Waals surface area contributed by atoms with Crippen LogP contribution in [-0.2, 0) is 10.8 Å². The van der Waals surface area contributed by atoms with Gasteiger partial charge in [-0.05, 0) is 39.7 Å². The minimum absolute atomic E-state index is 0. The van der Waals surface area contributed by atoms with E-state index in [-0.39, 0.29) is 18.2 Å². The quantitative estimate of drug-likeness (QED) is 0.707. The molecular weight excluding hydrogens is 355 g/mol. The molecule has 0 aromatic heterocycles. The Bertz CT molecular complexity index is 554. The van der Waals surface area contributed by atoms with Crippen molar-refractivity contribution in [2.45, 2.75) is 77.1 Å². The Labute approximate surface area is 153 Å². The third-order valence-electron chi connectivity index (χ3n) is 4.03. The van der Waals surface area contributed by atoms with Gasteiger partial charge >= 0.3 is 6.18 Å². The summed E-state index contributed by atoms with van der Waals surface area (Å²) in [5, 5.41) is 20.9. The molecule has 0 aliphatic heterocycles. The van der Waals surface area contributed by atoms with Crippen LogP contribution in [-0.4, -0.2) is 22.4 Å². The molecule has 1 rings (SSSR count). The lowest BCUT2D eigenvalue weighted by atomic mass is 9.77. The van der Waals surface area contributed by atoms with Crippen LogP contribution < -0.4 is 5.73 Å². The number of hydrogen-bond acceptors (Lipinski definition) is 3. The maximum atomic E-state index is 12.7. The largest absolute Gasteiger partial charge is 0.507 e. The number of rotatable bonds is 3. The zero-order chi connectivity index (χ0) is 19.1. The Hall–Kier alpha value is -0.980. The third-order valence-corrected chi connectivity index (χ3v) is 4.03. The Morgan fingerprint density at radius 1 is 0.960 bits per heavy atom. The predicted molar refractivity (Wildman–Crippen MR) is 96.4 cm³/mol. The van der Waals surface area contributed by atoms with E-state index in [2.05, 4.69) is 0 Å². The van der Waals surface area contributed by atoms with Crippen LogP contribution in [0.3, 0.4) is 0 Å². The molecule has 1 aromatic carbocycles. The first-order valence-corrected chi connectivity index (χ1v) is 7.93. The zero-order valence-corrected chi connectivity index (χ0v) is 16.3. The van der Waals surface area contributed by atoms with E-state index in [1.165, 1.54) is 0 Å². The standard InChI is InChI=1S/C18H28F3NO2.ClH/c1-16(2,3)11-7-10(8-12(15(11)24)17(4,5)6)13(23)9-14(22)18(19,20)21;/h7-8,13-14,23-24H,9,22H2,1-6H3;1H/t13-,14-;/m0./s1. The van der Waals surface area contributed by atoms with E-state index in [1.807, 2.05) is 41.5 Å². The number of aliphatic hydroxyl groups is 1. The van der Waals surface area contributed by atoms with Gasteiger partial charge in [0.1, 0.15) is 11.8 Å². The van der Waals surface area contributed by atoms with E-state index in [0.29, 0.717) is 16.7 Å². The molecule has 7 heteroatoms. The molecule has 0 saturated carbocycles. The fraction of sp³-hybridized carbons (Fsp3) is 0.667. The second-order valence-corrected chi connectivity index (χ2v) is 8.36. The lowest BCUT2D eigenvalue weighted by molar-refractivity contribution is -0.153. The van der Waals surface area contributed by atoms with Gasteiger partial charge in [-0.15, -0.1) is 12.4 Å². The van der Waals surface area contributed by atoms with E-state index in [0.717, 1.165) is 0 Å². The molecule has 0 spiro atoms. The molecule has 0 aliphatic carbocycles. The number of nitrogens with two attached hydrogens (primary N) is 1. The highest BCUT2D eigenvalue weighted by Gasteiger charge is 2.38. The van der Waals surface area contributed by atoms with E-state index in [1.54, 1.807) is 12.1 Å². The summed E-state index contributed by atoms with van der Waals surface area (Å²) in [6.07, 6.45) is -6.54. The van der Waals surface area contributed by atoms with Crippen molar-refractivity contribution in [2.24, 2.45) is 5.73 Å². The number of halogens is 4. The number of alkyl halides is 3. The number of phenolic OH excluding ortho intramolecular Hbond substituents is 1. The fourth-order valence-electron chi connectivity index (χ4n) is 2.50. The molecule has 1 aromatic rings. The van der Waals surface area contributed by atoms with Crippen molar-refractivity contribution in [1.29, 1.82) is 0 Å². The number of phenols is 1. The zero-order valence-electron chi connectivity index (χ0n) is 15.5. The van der Waals surface area contributed by atoms with E-state index < -0.39 is 35.6 Å². The topological polar surface area (TPSA) is 66.5 Å². The van der Waals surface area contributed by atoms with E-state index >= 15 is 0 Å². The van der Waals surface area contributed by atoms with Gasteiger partial charge < -0.3 is 15.9 Å².